The van der Waals surface area contributed by atoms with Crippen LogP contribution in [0.3, 0.4) is 0 Å². The van der Waals surface area contributed by atoms with Crippen molar-refractivity contribution in [2.75, 3.05) is 0 Å². The van der Waals surface area contributed by atoms with E-state index in [0.717, 1.165) is 5.02 Å². The zero-order valence-corrected chi connectivity index (χ0v) is 14.5. The van der Waals surface area contributed by atoms with Crippen molar-refractivity contribution in [3.8, 4) is 11.1 Å². The quantitative estimate of drug-likeness (QED) is 0.539. The van der Waals surface area contributed by atoms with Gasteiger partial charge >= 0.3 is 0 Å². The fraction of sp³-hybridized carbons (Fsp3) is 0.400. The second-order valence-corrected chi connectivity index (χ2v) is 8.24. The van der Waals surface area contributed by atoms with Crippen molar-refractivity contribution in [3.63, 3.8) is 0 Å². The normalized spacial score (nSPS) is 15.8. The Kier molecular flexibility index (Phi) is 3.05. The minimum absolute atomic E-state index is 0.0333. The molecule has 3 rings (SSSR count). The molecule has 0 nitrogen and oxygen atoms in total. The summed E-state index contributed by atoms with van der Waals surface area (Å²) in [4.78, 5) is 0. The van der Waals surface area contributed by atoms with Gasteiger partial charge in [0, 0.05) is 10.4 Å². The Labute approximate surface area is 133 Å². The first kappa shape index (κ1) is 14.7. The van der Waals surface area contributed by atoms with Crippen LogP contribution in [0.1, 0.15) is 56.9 Å². The van der Waals surface area contributed by atoms with Gasteiger partial charge in [0.2, 0.25) is 0 Å². The summed E-state index contributed by atoms with van der Waals surface area (Å²) in [6.07, 6.45) is 0. The highest BCUT2D eigenvalue weighted by atomic mass is 35.5. The maximum Gasteiger partial charge on any atom is 0.0412 e. The third-order valence-electron chi connectivity index (χ3n) is 4.66. The maximum absolute atomic E-state index is 6.25. The topological polar surface area (TPSA) is 0 Å². The van der Waals surface area contributed by atoms with E-state index in [-0.39, 0.29) is 10.8 Å². The summed E-state index contributed by atoms with van der Waals surface area (Å²) >= 11 is 6.25. The van der Waals surface area contributed by atoms with E-state index in [0.29, 0.717) is 0 Å². The second kappa shape index (κ2) is 4.36. The largest absolute Gasteiger partial charge is 0.0843 e. The molecule has 0 fully saturated rings. The number of halogens is 1. The van der Waals surface area contributed by atoms with Crippen LogP contribution >= 0.6 is 11.6 Å². The molecule has 0 amide bonds. The average molecular weight is 299 g/mol. The van der Waals surface area contributed by atoms with Gasteiger partial charge in [-0.2, -0.15) is 0 Å². The van der Waals surface area contributed by atoms with E-state index >= 15 is 0 Å². The van der Waals surface area contributed by atoms with Crippen molar-refractivity contribution in [1.82, 2.24) is 0 Å². The third kappa shape index (κ3) is 2.12. The van der Waals surface area contributed by atoms with Gasteiger partial charge in [-0.15, -0.1) is 0 Å². The van der Waals surface area contributed by atoms with Gasteiger partial charge in [0.25, 0.3) is 0 Å². The molecule has 0 saturated carbocycles. The Balaban J connectivity index is 2.43. The van der Waals surface area contributed by atoms with Crippen LogP contribution in [-0.4, -0.2) is 0 Å². The SMILES string of the molecule is Cc1cc2c(c(C(C)(C)C)c1)C(C)(C)c1ccc(Cl)cc1-2. The maximum atomic E-state index is 6.25. The molecule has 0 unspecified atom stereocenters. The predicted molar refractivity (Wildman–Crippen MR) is 92.5 cm³/mol. The summed E-state index contributed by atoms with van der Waals surface area (Å²) in [5, 5.41) is 0.816. The van der Waals surface area contributed by atoms with Gasteiger partial charge in [-0.1, -0.05) is 70.0 Å². The molecule has 0 saturated heterocycles. The first-order valence-corrected chi connectivity index (χ1v) is 7.96. The van der Waals surface area contributed by atoms with Gasteiger partial charge in [0.1, 0.15) is 0 Å². The van der Waals surface area contributed by atoms with E-state index in [1.807, 2.05) is 6.07 Å². The van der Waals surface area contributed by atoms with Crippen molar-refractivity contribution in [2.24, 2.45) is 0 Å². The van der Waals surface area contributed by atoms with Crippen LogP contribution in [0.4, 0.5) is 0 Å². The zero-order valence-electron chi connectivity index (χ0n) is 13.8. The summed E-state index contributed by atoms with van der Waals surface area (Å²) < 4.78 is 0. The summed E-state index contributed by atoms with van der Waals surface area (Å²) in [5.41, 5.74) is 8.47. The number of fused-ring (bicyclic) bond motifs is 3. The van der Waals surface area contributed by atoms with E-state index in [2.05, 4.69) is 65.8 Å². The van der Waals surface area contributed by atoms with E-state index in [1.54, 1.807) is 0 Å². The highest BCUT2D eigenvalue weighted by molar-refractivity contribution is 6.31. The van der Waals surface area contributed by atoms with Crippen molar-refractivity contribution >= 4 is 11.6 Å². The molecule has 0 atom stereocenters. The van der Waals surface area contributed by atoms with E-state index in [4.69, 9.17) is 11.6 Å². The standard InChI is InChI=1S/C20H23Cl/c1-12-9-15-14-11-13(21)7-8-16(14)20(5,6)18(15)17(10-12)19(2,3)4/h7-11H,1-6H3. The van der Waals surface area contributed by atoms with Gasteiger partial charge in [0.05, 0.1) is 0 Å². The number of aryl methyl sites for hydroxylation is 1. The lowest BCUT2D eigenvalue weighted by Gasteiger charge is -2.30. The lowest BCUT2D eigenvalue weighted by atomic mass is 9.73. The molecule has 0 aromatic heterocycles. The Morgan fingerprint density at radius 3 is 2.24 bits per heavy atom. The first-order valence-electron chi connectivity index (χ1n) is 7.58. The average Bonchev–Trinajstić information content (AvgIpc) is 2.56. The number of hydrogen-bond donors (Lipinski definition) is 0. The third-order valence-corrected chi connectivity index (χ3v) is 4.90. The van der Waals surface area contributed by atoms with Gasteiger partial charge in [-0.25, -0.2) is 0 Å². The minimum atomic E-state index is 0.0333. The number of benzene rings is 2. The summed E-state index contributed by atoms with van der Waals surface area (Å²) in [6.45, 7) is 13.7. The Bertz CT molecular complexity index is 730. The lowest BCUT2D eigenvalue weighted by Crippen LogP contribution is -2.23. The molecular weight excluding hydrogens is 276 g/mol. The Morgan fingerprint density at radius 2 is 1.62 bits per heavy atom. The van der Waals surface area contributed by atoms with Crippen LogP contribution in [0.15, 0.2) is 30.3 Å². The predicted octanol–water partition coefficient (Wildman–Crippen LogP) is 6.25. The molecule has 0 N–H and O–H groups in total. The molecule has 21 heavy (non-hydrogen) atoms. The molecule has 0 bridgehead atoms. The highest BCUT2D eigenvalue weighted by Gasteiger charge is 2.39. The molecule has 2 aromatic rings. The number of rotatable bonds is 0. The molecule has 1 heteroatoms. The van der Waals surface area contributed by atoms with Gasteiger partial charge in [-0.3, -0.25) is 0 Å². The molecule has 1 aliphatic rings. The Morgan fingerprint density at radius 1 is 0.952 bits per heavy atom. The van der Waals surface area contributed by atoms with E-state index in [1.165, 1.54) is 33.4 Å². The van der Waals surface area contributed by atoms with Crippen molar-refractivity contribution in [1.29, 1.82) is 0 Å². The smallest absolute Gasteiger partial charge is 0.0412 e. The first-order chi connectivity index (χ1) is 9.62. The molecule has 0 heterocycles. The van der Waals surface area contributed by atoms with Crippen LogP contribution in [0, 0.1) is 6.92 Å². The fourth-order valence-electron chi connectivity index (χ4n) is 3.68. The van der Waals surface area contributed by atoms with Crippen LogP contribution in [0.25, 0.3) is 11.1 Å². The Hall–Kier alpha value is -1.27. The summed E-state index contributed by atoms with van der Waals surface area (Å²) in [7, 11) is 0. The van der Waals surface area contributed by atoms with Gasteiger partial charge in [-0.05, 0) is 52.3 Å². The molecule has 110 valence electrons. The summed E-state index contributed by atoms with van der Waals surface area (Å²) in [5.74, 6) is 0. The van der Waals surface area contributed by atoms with Gasteiger partial charge in [0.15, 0.2) is 0 Å². The van der Waals surface area contributed by atoms with Crippen LogP contribution < -0.4 is 0 Å². The highest BCUT2D eigenvalue weighted by Crippen LogP contribution is 2.52. The molecular formula is C20H23Cl. The van der Waals surface area contributed by atoms with Crippen LogP contribution in [0.5, 0.6) is 0 Å². The molecule has 0 spiro atoms. The van der Waals surface area contributed by atoms with Crippen LogP contribution in [-0.2, 0) is 10.8 Å². The van der Waals surface area contributed by atoms with E-state index < -0.39 is 0 Å². The molecule has 0 radical (unpaired) electrons. The summed E-state index contributed by atoms with van der Waals surface area (Å²) in [6, 6.07) is 11.0. The van der Waals surface area contributed by atoms with Crippen LogP contribution in [0.2, 0.25) is 5.02 Å². The van der Waals surface area contributed by atoms with E-state index in [9.17, 15) is 0 Å². The monoisotopic (exact) mass is 298 g/mol. The second-order valence-electron chi connectivity index (χ2n) is 7.80. The van der Waals surface area contributed by atoms with Crippen molar-refractivity contribution in [3.05, 3.63) is 57.6 Å². The van der Waals surface area contributed by atoms with Gasteiger partial charge < -0.3 is 0 Å². The molecule has 2 aromatic carbocycles. The number of hydrogen-bond acceptors (Lipinski definition) is 0. The minimum Gasteiger partial charge on any atom is -0.0843 e. The van der Waals surface area contributed by atoms with Crippen molar-refractivity contribution < 1.29 is 0 Å². The lowest BCUT2D eigenvalue weighted by molar-refractivity contribution is 0.556. The molecule has 1 aliphatic carbocycles. The zero-order chi connectivity index (χ0) is 15.6. The van der Waals surface area contributed by atoms with Crippen molar-refractivity contribution in [2.45, 2.75) is 52.4 Å². The molecule has 0 aliphatic heterocycles. The fourth-order valence-corrected chi connectivity index (χ4v) is 3.85.